The van der Waals surface area contributed by atoms with Gasteiger partial charge >= 0.3 is 6.03 Å². The summed E-state index contributed by atoms with van der Waals surface area (Å²) in [6, 6.07) is 17.5. The summed E-state index contributed by atoms with van der Waals surface area (Å²) in [6.07, 6.45) is 1.58. The minimum atomic E-state index is -0.225. The molecule has 33 heavy (non-hydrogen) atoms. The Morgan fingerprint density at radius 2 is 1.85 bits per heavy atom. The van der Waals surface area contributed by atoms with E-state index < -0.39 is 0 Å². The Bertz CT molecular complexity index is 1040. The highest BCUT2D eigenvalue weighted by atomic mass is 32.1. The zero-order valence-electron chi connectivity index (χ0n) is 19.0. The molecule has 0 saturated heterocycles. The van der Waals surface area contributed by atoms with Gasteiger partial charge in [-0.15, -0.1) is 11.3 Å². The lowest BCUT2D eigenvalue weighted by Crippen LogP contribution is -2.37. The van der Waals surface area contributed by atoms with Crippen LogP contribution in [0.4, 0.5) is 10.5 Å². The summed E-state index contributed by atoms with van der Waals surface area (Å²) in [5.41, 5.74) is 3.40. The minimum Gasteiger partial charge on any atom is -0.383 e. The molecule has 1 heterocycles. The van der Waals surface area contributed by atoms with Gasteiger partial charge in [-0.3, -0.25) is 4.79 Å². The van der Waals surface area contributed by atoms with Gasteiger partial charge in [-0.25, -0.2) is 9.78 Å². The standard InChI is InChI=1S/C25H30N4O3S/c1-3-20-11-7-8-12-21(20)28-25(31)29(15-16-32-2)17-23-27-22(18-33-23)24(30)26-14-13-19-9-5-4-6-10-19/h4-12,18H,3,13-17H2,1-2H3,(H,26,30)(H,28,31). The van der Waals surface area contributed by atoms with Crippen LogP contribution in [0.3, 0.4) is 0 Å². The first-order chi connectivity index (χ1) is 16.1. The van der Waals surface area contributed by atoms with Crippen LogP contribution in [0.2, 0.25) is 0 Å². The number of carbonyl (C=O) groups excluding carboxylic acids is 2. The number of ether oxygens (including phenoxy) is 1. The van der Waals surface area contributed by atoms with Crippen LogP contribution in [0.5, 0.6) is 0 Å². The molecule has 0 bridgehead atoms. The highest BCUT2D eigenvalue weighted by molar-refractivity contribution is 7.09. The van der Waals surface area contributed by atoms with Gasteiger partial charge in [0.05, 0.1) is 13.2 Å². The van der Waals surface area contributed by atoms with E-state index in [-0.39, 0.29) is 11.9 Å². The lowest BCUT2D eigenvalue weighted by molar-refractivity contribution is 0.0949. The smallest absolute Gasteiger partial charge is 0.322 e. The topological polar surface area (TPSA) is 83.6 Å². The van der Waals surface area contributed by atoms with Gasteiger partial charge in [0.25, 0.3) is 5.91 Å². The number of thiazole rings is 1. The number of nitrogens with one attached hydrogen (secondary N) is 2. The van der Waals surface area contributed by atoms with Crippen molar-refractivity contribution in [3.8, 4) is 0 Å². The average Bonchev–Trinajstić information content (AvgIpc) is 3.31. The van der Waals surface area contributed by atoms with E-state index in [9.17, 15) is 9.59 Å². The monoisotopic (exact) mass is 466 g/mol. The molecule has 174 valence electrons. The van der Waals surface area contributed by atoms with Gasteiger partial charge in [0, 0.05) is 31.3 Å². The van der Waals surface area contributed by atoms with Crippen molar-refractivity contribution in [1.29, 1.82) is 0 Å². The van der Waals surface area contributed by atoms with Crippen molar-refractivity contribution < 1.29 is 14.3 Å². The molecule has 3 amide bonds. The largest absolute Gasteiger partial charge is 0.383 e. The zero-order valence-corrected chi connectivity index (χ0v) is 19.9. The van der Waals surface area contributed by atoms with Crippen LogP contribution in [0.25, 0.3) is 0 Å². The molecule has 2 aromatic carbocycles. The third-order valence-corrected chi connectivity index (χ3v) is 5.98. The van der Waals surface area contributed by atoms with E-state index in [0.717, 1.165) is 24.1 Å². The second kappa shape index (κ2) is 12.7. The van der Waals surface area contributed by atoms with Crippen molar-refractivity contribution in [2.75, 3.05) is 32.1 Å². The van der Waals surface area contributed by atoms with Gasteiger partial charge in [-0.2, -0.15) is 0 Å². The summed E-state index contributed by atoms with van der Waals surface area (Å²) < 4.78 is 5.18. The molecule has 3 aromatic rings. The molecule has 8 heteroatoms. The molecule has 0 unspecified atom stereocenters. The van der Waals surface area contributed by atoms with Gasteiger partial charge in [0.1, 0.15) is 10.7 Å². The van der Waals surface area contributed by atoms with E-state index in [4.69, 9.17) is 4.74 Å². The third-order valence-electron chi connectivity index (χ3n) is 5.14. The van der Waals surface area contributed by atoms with Crippen molar-refractivity contribution in [3.63, 3.8) is 0 Å². The van der Waals surface area contributed by atoms with Gasteiger partial charge in [-0.05, 0) is 30.0 Å². The SMILES string of the molecule is CCc1ccccc1NC(=O)N(CCOC)Cc1nc(C(=O)NCCc2ccccc2)cs1. The van der Waals surface area contributed by atoms with Crippen LogP contribution >= 0.6 is 11.3 Å². The number of anilines is 1. The lowest BCUT2D eigenvalue weighted by Gasteiger charge is -2.22. The van der Waals surface area contributed by atoms with E-state index in [1.165, 1.54) is 16.9 Å². The number of rotatable bonds is 11. The maximum atomic E-state index is 13.0. The highest BCUT2D eigenvalue weighted by Gasteiger charge is 2.18. The molecular formula is C25H30N4O3S. The molecular weight excluding hydrogens is 436 g/mol. The Hall–Kier alpha value is -3.23. The highest BCUT2D eigenvalue weighted by Crippen LogP contribution is 2.18. The molecule has 7 nitrogen and oxygen atoms in total. The van der Waals surface area contributed by atoms with E-state index in [0.29, 0.717) is 36.9 Å². The number of hydrogen-bond acceptors (Lipinski definition) is 5. The Morgan fingerprint density at radius 3 is 2.61 bits per heavy atom. The van der Waals surface area contributed by atoms with Crippen LogP contribution in [0, 0.1) is 0 Å². The van der Waals surface area contributed by atoms with Crippen molar-refractivity contribution in [2.24, 2.45) is 0 Å². The van der Waals surface area contributed by atoms with Crippen LogP contribution in [-0.2, 0) is 24.1 Å². The number of hydrogen-bond donors (Lipinski definition) is 2. The van der Waals surface area contributed by atoms with Crippen LogP contribution in [0.15, 0.2) is 60.0 Å². The first-order valence-corrected chi connectivity index (χ1v) is 11.9. The number of aryl methyl sites for hydroxylation is 1. The number of carbonyl (C=O) groups is 2. The Balaban J connectivity index is 1.59. The number of amides is 3. The molecule has 0 aliphatic rings. The molecule has 0 saturated carbocycles. The molecule has 0 atom stereocenters. The van der Waals surface area contributed by atoms with Crippen LogP contribution in [-0.4, -0.2) is 48.6 Å². The number of nitrogens with zero attached hydrogens (tertiary/aromatic N) is 2. The second-order valence-electron chi connectivity index (χ2n) is 7.47. The first-order valence-electron chi connectivity index (χ1n) is 11.0. The molecule has 0 aliphatic heterocycles. The maximum Gasteiger partial charge on any atom is 0.322 e. The van der Waals surface area contributed by atoms with Gasteiger partial charge in [0.2, 0.25) is 0 Å². The number of methoxy groups -OCH3 is 1. The average molecular weight is 467 g/mol. The minimum absolute atomic E-state index is 0.210. The Labute approximate surface area is 198 Å². The fourth-order valence-electron chi connectivity index (χ4n) is 3.31. The second-order valence-corrected chi connectivity index (χ2v) is 8.42. The Kier molecular flexibility index (Phi) is 9.41. The van der Waals surface area contributed by atoms with E-state index in [2.05, 4.69) is 22.5 Å². The maximum absolute atomic E-state index is 13.0. The molecule has 0 spiro atoms. The fraction of sp³-hybridized carbons (Fsp3) is 0.320. The summed E-state index contributed by atoms with van der Waals surface area (Å²) in [4.78, 5) is 31.5. The molecule has 3 rings (SSSR count). The summed E-state index contributed by atoms with van der Waals surface area (Å²) in [7, 11) is 1.60. The Morgan fingerprint density at radius 1 is 1.09 bits per heavy atom. The van der Waals surface area contributed by atoms with Crippen LogP contribution < -0.4 is 10.6 Å². The molecule has 0 radical (unpaired) electrons. The van der Waals surface area contributed by atoms with Crippen molar-refractivity contribution in [2.45, 2.75) is 26.3 Å². The summed E-state index contributed by atoms with van der Waals surface area (Å²) in [6.45, 7) is 3.70. The number of urea groups is 1. The predicted molar refractivity (Wildman–Crippen MR) is 132 cm³/mol. The molecule has 0 fully saturated rings. The van der Waals surface area contributed by atoms with Crippen molar-refractivity contribution in [3.05, 3.63) is 81.8 Å². The fourth-order valence-corrected chi connectivity index (χ4v) is 4.09. The van der Waals surface area contributed by atoms with Crippen molar-refractivity contribution >= 4 is 29.0 Å². The van der Waals surface area contributed by atoms with E-state index >= 15 is 0 Å². The lowest BCUT2D eigenvalue weighted by atomic mass is 10.1. The third kappa shape index (κ3) is 7.40. The van der Waals surface area contributed by atoms with Gasteiger partial charge < -0.3 is 20.3 Å². The molecule has 1 aromatic heterocycles. The normalized spacial score (nSPS) is 10.6. The van der Waals surface area contributed by atoms with Gasteiger partial charge in [-0.1, -0.05) is 55.5 Å². The summed E-state index contributed by atoms with van der Waals surface area (Å²) >= 11 is 1.37. The quantitative estimate of drug-likeness (QED) is 0.440. The van der Waals surface area contributed by atoms with E-state index in [1.807, 2.05) is 54.6 Å². The number of para-hydroxylation sites is 1. The van der Waals surface area contributed by atoms with Crippen molar-refractivity contribution in [1.82, 2.24) is 15.2 Å². The zero-order chi connectivity index (χ0) is 23.5. The van der Waals surface area contributed by atoms with Gasteiger partial charge in [0.15, 0.2) is 0 Å². The van der Waals surface area contributed by atoms with E-state index in [1.54, 1.807) is 17.4 Å². The molecule has 0 aliphatic carbocycles. The first kappa shape index (κ1) is 24.4. The summed E-state index contributed by atoms with van der Waals surface area (Å²) in [5, 5.41) is 8.32. The van der Waals surface area contributed by atoms with Crippen LogP contribution in [0.1, 0.15) is 33.5 Å². The predicted octanol–water partition coefficient (Wildman–Crippen LogP) is 4.36. The molecule has 2 N–H and O–H groups in total. The number of benzene rings is 2. The summed E-state index contributed by atoms with van der Waals surface area (Å²) in [5.74, 6) is -0.210. The number of aromatic nitrogens is 1.